The third-order valence-corrected chi connectivity index (χ3v) is 34.5. The van der Waals surface area contributed by atoms with Crippen molar-refractivity contribution in [1.82, 2.24) is 36.5 Å². The van der Waals surface area contributed by atoms with Crippen molar-refractivity contribution in [2.45, 2.75) is 0 Å². The molecule has 0 aliphatic heterocycles. The van der Waals surface area contributed by atoms with Gasteiger partial charge in [0.2, 0.25) is 0 Å². The van der Waals surface area contributed by atoms with Crippen molar-refractivity contribution < 1.29 is 8.83 Å². The van der Waals surface area contributed by atoms with Gasteiger partial charge in [-0.3, -0.25) is 0 Å². The van der Waals surface area contributed by atoms with Crippen LogP contribution in [0.2, 0.25) is 0 Å². The first-order valence-corrected chi connectivity index (χ1v) is 51.7. The molecule has 14 heteroatoms. The summed E-state index contributed by atoms with van der Waals surface area (Å²) in [5, 5.41) is 51.5. The van der Waals surface area contributed by atoms with Crippen molar-refractivity contribution in [3.63, 3.8) is 0 Å². The van der Waals surface area contributed by atoms with Crippen LogP contribution in [0, 0.1) is 22.7 Å². The molecule has 0 fully saturated rings. The molecule has 34 rings (SSSR count). The van der Waals surface area contributed by atoms with Gasteiger partial charge >= 0.3 is 0 Å². The van der Waals surface area contributed by atoms with Crippen molar-refractivity contribution >= 4 is 281 Å². The van der Waals surface area contributed by atoms with E-state index in [2.05, 4.69) is 479 Å². The number of hydrogen-bond donors (Lipinski definition) is 0. The van der Waals surface area contributed by atoms with Crippen LogP contribution in [0.5, 0.6) is 0 Å². The molecular formula is C134H72N10O2S2. The molecule has 22 aromatic carbocycles. The molecule has 148 heavy (non-hydrogen) atoms. The molecule has 0 bridgehead atoms. The Bertz CT molecular complexity index is 11800. The third-order valence-electron chi connectivity index (χ3n) is 32.1. The lowest BCUT2D eigenvalue weighted by molar-refractivity contribution is 0.672. The Morgan fingerprint density at radius 2 is 0.439 bits per heavy atom. The van der Waals surface area contributed by atoms with Gasteiger partial charge in [-0.05, 0) is 169 Å². The fourth-order valence-corrected chi connectivity index (χ4v) is 28.7. The maximum absolute atomic E-state index is 12.8. The largest absolute Gasteiger partial charge is 0.455 e. The van der Waals surface area contributed by atoms with E-state index in [4.69, 9.17) is 8.83 Å². The van der Waals surface area contributed by atoms with Crippen molar-refractivity contribution in [3.05, 3.63) is 448 Å². The Morgan fingerprint density at radius 1 is 0.176 bits per heavy atom. The van der Waals surface area contributed by atoms with Crippen LogP contribution in [0.3, 0.4) is 0 Å². The van der Waals surface area contributed by atoms with Crippen LogP contribution in [0.1, 0.15) is 11.1 Å². The molecule has 12 heterocycles. The molecule has 0 aliphatic rings. The first-order chi connectivity index (χ1) is 73.4. The molecule has 0 saturated carbocycles. The summed E-state index contributed by atoms with van der Waals surface area (Å²) < 4.78 is 39.0. The summed E-state index contributed by atoms with van der Waals surface area (Å²) in [7, 11) is 0. The van der Waals surface area contributed by atoms with Gasteiger partial charge in [0.15, 0.2) is 0 Å². The molecule has 12 nitrogen and oxygen atoms in total. The first-order valence-electron chi connectivity index (χ1n) is 50.1. The highest BCUT2D eigenvalue weighted by Crippen LogP contribution is 2.56. The van der Waals surface area contributed by atoms with E-state index in [0.29, 0.717) is 16.8 Å². The molecule has 0 N–H and O–H groups in total. The van der Waals surface area contributed by atoms with Crippen LogP contribution < -0.4 is 0 Å². The number of rotatable bonds is 9. The van der Waals surface area contributed by atoms with Crippen molar-refractivity contribution in [2.75, 3.05) is 0 Å². The van der Waals surface area contributed by atoms with Crippen molar-refractivity contribution in [1.29, 1.82) is 10.5 Å². The van der Waals surface area contributed by atoms with Gasteiger partial charge in [0, 0.05) is 137 Å². The highest BCUT2D eigenvalue weighted by atomic mass is 32.1. The maximum atomic E-state index is 12.8. The Kier molecular flexibility index (Phi) is 15.9. The van der Waals surface area contributed by atoms with Crippen molar-refractivity contribution in [3.8, 4) is 68.8 Å². The molecule has 34 aromatic rings. The van der Waals surface area contributed by atoms with Gasteiger partial charge in [0.25, 0.3) is 0 Å². The Hall–Kier alpha value is -19.7. The van der Waals surface area contributed by atoms with Gasteiger partial charge in [0.1, 0.15) is 34.5 Å². The van der Waals surface area contributed by atoms with E-state index in [9.17, 15) is 10.5 Å². The van der Waals surface area contributed by atoms with Crippen molar-refractivity contribution in [2.24, 2.45) is 0 Å². The molecule has 0 atom stereocenters. The number of para-hydroxylation sites is 13. The fourth-order valence-electron chi connectivity index (χ4n) is 26.2. The van der Waals surface area contributed by atoms with Crippen LogP contribution in [-0.2, 0) is 0 Å². The Morgan fingerprint density at radius 3 is 0.824 bits per heavy atom. The number of hydrogen-bond acceptors (Lipinski definition) is 6. The van der Waals surface area contributed by atoms with Gasteiger partial charge in [-0.25, -0.2) is 0 Å². The minimum Gasteiger partial charge on any atom is -0.455 e. The van der Waals surface area contributed by atoms with E-state index in [1.165, 1.54) is 29.6 Å². The predicted octanol–water partition coefficient (Wildman–Crippen LogP) is 36.4. The summed E-state index contributed by atoms with van der Waals surface area (Å²) in [4.78, 5) is 0. The highest BCUT2D eigenvalue weighted by Gasteiger charge is 2.37. The molecule has 0 amide bonds. The summed E-state index contributed by atoms with van der Waals surface area (Å²) in [5.74, 6) is 0. The van der Waals surface area contributed by atoms with E-state index in [1.54, 1.807) is 0 Å². The monoisotopic (exact) mass is 1920 g/mol. The summed E-state index contributed by atoms with van der Waals surface area (Å²) in [6.45, 7) is 0. The third kappa shape index (κ3) is 10.4. The average molecular weight is 1920 g/mol. The minimum absolute atomic E-state index is 0.472. The molecule has 12 aromatic heterocycles. The minimum atomic E-state index is 0.472. The number of thiophene rings is 2. The summed E-state index contributed by atoms with van der Waals surface area (Å²) in [5.41, 5.74) is 28.7. The lowest BCUT2D eigenvalue weighted by Gasteiger charge is -2.26. The summed E-state index contributed by atoms with van der Waals surface area (Å²) in [6, 6.07) is 165. The lowest BCUT2D eigenvalue weighted by atomic mass is 10.00. The Balaban J connectivity index is 0.604. The van der Waals surface area contributed by atoms with E-state index >= 15 is 0 Å². The first kappa shape index (κ1) is 79.9. The zero-order valence-corrected chi connectivity index (χ0v) is 80.3. The lowest BCUT2D eigenvalue weighted by Crippen LogP contribution is -2.14. The topological polar surface area (TPSA) is 113 Å². The molecule has 682 valence electrons. The van der Waals surface area contributed by atoms with E-state index in [1.807, 2.05) is 28.7 Å². The van der Waals surface area contributed by atoms with Crippen LogP contribution in [0.4, 0.5) is 0 Å². The fraction of sp³-hybridized carbons (Fsp3) is 0. The quantitative estimate of drug-likeness (QED) is 0.143. The predicted molar refractivity (Wildman–Crippen MR) is 616 cm³/mol. The van der Waals surface area contributed by atoms with Gasteiger partial charge in [0.05, 0.1) is 156 Å². The normalized spacial score (nSPS) is 12.4. The smallest absolute Gasteiger partial charge is 0.145 e. The second-order valence-electron chi connectivity index (χ2n) is 39.3. The van der Waals surface area contributed by atoms with E-state index in [-0.39, 0.29) is 0 Å². The summed E-state index contributed by atoms with van der Waals surface area (Å²) >= 11 is 3.68. The number of aromatic nitrogens is 8. The number of benzene rings is 22. The zero-order valence-electron chi connectivity index (χ0n) is 78.7. The molecule has 0 unspecified atom stereocenters. The molecule has 0 saturated heterocycles. The molecule has 0 aliphatic carbocycles. The number of fused-ring (bicyclic) bond motifs is 40. The van der Waals surface area contributed by atoms with Gasteiger partial charge in [-0.2, -0.15) is 10.5 Å². The molecular weight excluding hydrogens is 1850 g/mol. The summed E-state index contributed by atoms with van der Waals surface area (Å²) in [6.07, 6.45) is 0. The zero-order chi connectivity index (χ0) is 96.4. The molecule has 0 spiro atoms. The SMILES string of the molecule is N#Cc1cc(-n2c3ccccc3c3ccccc32)c(-n2c3ccccc3c3c4oc5ccccc5c4ccc32)c(-n2c3ccccc3c3ccccc32)c1-n1c2ccccc2c2c3oc4ccc(-c5ccc6sc7c(ccc8c7c7ccccc7n8-c7c(-n8c9ccccc9c9ccccc98)cc(C#N)c(-n8c9ccccc9c9c%10sc%11ccccc%11c%10ccc98)c7-n7c8ccccc8c8ccccc87)c6c5)cc4c3ccc21. The van der Waals surface area contributed by atoms with Gasteiger partial charge in [-0.15, -0.1) is 22.7 Å². The van der Waals surface area contributed by atoms with E-state index < -0.39 is 0 Å². The number of nitriles is 2. The number of nitrogens with zero attached hydrogens (tertiary/aromatic N) is 10. The maximum Gasteiger partial charge on any atom is 0.145 e. The second-order valence-corrected chi connectivity index (χ2v) is 41.4. The van der Waals surface area contributed by atoms with Gasteiger partial charge in [-0.1, -0.05) is 279 Å². The van der Waals surface area contributed by atoms with Crippen LogP contribution >= 0.6 is 22.7 Å². The number of furan rings is 2. The molecule has 0 radical (unpaired) electrons. The second kappa shape index (κ2) is 29.5. The highest BCUT2D eigenvalue weighted by molar-refractivity contribution is 7.27. The van der Waals surface area contributed by atoms with Crippen LogP contribution in [0.25, 0.3) is 315 Å². The average Bonchev–Trinajstić information content (AvgIpc) is 1.52. The Labute approximate surface area is 847 Å². The van der Waals surface area contributed by atoms with E-state index in [0.717, 1.165) is 280 Å². The van der Waals surface area contributed by atoms with Gasteiger partial charge < -0.3 is 45.4 Å². The van der Waals surface area contributed by atoms with Crippen LogP contribution in [-0.4, -0.2) is 36.5 Å². The standard InChI is InChI=1S/C134H72N10O2S2/c135-73-77-71-115(137-99-43-15-1-29-79(99)80-30-2-16-44-100(80)137)127(143-108-52-24-10-40-94(108)122-112(143)63-59-89-87-37-13-27-55-117(87)145-131(89)122)129(139-103-47-19-5-33-83(103)84-34-6-20-48-104(84)139)125(77)141-107-51-23-9-39-93(107)121-111(141)64-60-90-97-69-75(57-67-118(97)146-132(90)121)76-58-68-120-98(70-76)92-62-66-114-124(134(92)148-120)96-42-12-26-54-110(96)144(114)128-116(138-101-45-17-3-31-81(101)82-32-4-18-46-102(82)138)72-78(74-136)126(130(128)140-105-49-21-7-35-85(105)86-36-8-22-50-106(86)140)142-109-53-25-11-41-95(109)123-113(142)65-61-91-88-38-14-28-56-119(88)147-133(91)123/h1-72H. The van der Waals surface area contributed by atoms with Crippen LogP contribution in [0.15, 0.2) is 446 Å².